The van der Waals surface area contributed by atoms with Crippen LogP contribution in [-0.2, 0) is 0 Å². The molecule has 1 aromatic rings. The molecule has 0 amide bonds. The molecule has 0 aliphatic heterocycles. The first-order valence-corrected chi connectivity index (χ1v) is 7.17. The minimum atomic E-state index is 0.160. The SMILES string of the molecule is COc1ccc(Br)cc1C(CN)N(C)CCN(C)C. The van der Waals surface area contributed by atoms with Crippen molar-refractivity contribution in [2.75, 3.05) is 47.9 Å². The molecule has 0 bridgehead atoms. The lowest BCUT2D eigenvalue weighted by atomic mass is 10.0. The molecular formula is C14H24BrN3O. The average Bonchev–Trinajstić information content (AvgIpc) is 2.37. The van der Waals surface area contributed by atoms with Gasteiger partial charge in [-0.3, -0.25) is 4.90 Å². The van der Waals surface area contributed by atoms with Crippen LogP contribution in [0, 0.1) is 0 Å². The molecule has 1 unspecified atom stereocenters. The second-order valence-electron chi connectivity index (χ2n) is 4.92. The van der Waals surface area contributed by atoms with E-state index in [-0.39, 0.29) is 6.04 Å². The van der Waals surface area contributed by atoms with Crippen molar-refractivity contribution in [3.05, 3.63) is 28.2 Å². The second-order valence-corrected chi connectivity index (χ2v) is 5.84. The molecular weight excluding hydrogens is 306 g/mol. The summed E-state index contributed by atoms with van der Waals surface area (Å²) in [6, 6.07) is 6.20. The molecule has 0 fully saturated rings. The molecule has 0 saturated carbocycles. The van der Waals surface area contributed by atoms with E-state index in [4.69, 9.17) is 10.5 Å². The zero-order valence-corrected chi connectivity index (χ0v) is 13.8. The zero-order valence-electron chi connectivity index (χ0n) is 12.2. The van der Waals surface area contributed by atoms with Crippen molar-refractivity contribution in [1.82, 2.24) is 9.80 Å². The second kappa shape index (κ2) is 7.85. The van der Waals surface area contributed by atoms with Crippen molar-refractivity contribution in [2.45, 2.75) is 6.04 Å². The quantitative estimate of drug-likeness (QED) is 0.830. The predicted molar refractivity (Wildman–Crippen MR) is 83.7 cm³/mol. The fourth-order valence-electron chi connectivity index (χ4n) is 2.02. The molecule has 0 spiro atoms. The molecule has 1 aromatic carbocycles. The van der Waals surface area contributed by atoms with Crippen LogP contribution < -0.4 is 10.5 Å². The van der Waals surface area contributed by atoms with Gasteiger partial charge in [-0.05, 0) is 39.3 Å². The number of hydrogen-bond acceptors (Lipinski definition) is 4. The van der Waals surface area contributed by atoms with E-state index in [0.29, 0.717) is 6.54 Å². The van der Waals surface area contributed by atoms with E-state index < -0.39 is 0 Å². The number of ether oxygens (including phenoxy) is 1. The van der Waals surface area contributed by atoms with Crippen LogP contribution in [0.2, 0.25) is 0 Å². The first kappa shape index (κ1) is 16.4. The Balaban J connectivity index is 2.92. The third-order valence-electron chi connectivity index (χ3n) is 3.21. The van der Waals surface area contributed by atoms with Crippen molar-refractivity contribution in [1.29, 1.82) is 0 Å². The van der Waals surface area contributed by atoms with Gasteiger partial charge in [0.25, 0.3) is 0 Å². The maximum atomic E-state index is 5.96. The summed E-state index contributed by atoms with van der Waals surface area (Å²) in [5.41, 5.74) is 7.09. The average molecular weight is 330 g/mol. The number of likely N-dealkylation sites (N-methyl/N-ethyl adjacent to an activating group) is 2. The third kappa shape index (κ3) is 4.76. The van der Waals surface area contributed by atoms with Gasteiger partial charge in [0, 0.05) is 29.7 Å². The summed E-state index contributed by atoms with van der Waals surface area (Å²) in [6.07, 6.45) is 0. The van der Waals surface area contributed by atoms with E-state index >= 15 is 0 Å². The van der Waals surface area contributed by atoms with Crippen LogP contribution in [-0.4, -0.2) is 57.7 Å². The minimum Gasteiger partial charge on any atom is -0.496 e. The van der Waals surface area contributed by atoms with Crippen molar-refractivity contribution < 1.29 is 4.74 Å². The molecule has 0 aromatic heterocycles. The van der Waals surface area contributed by atoms with Crippen LogP contribution in [0.4, 0.5) is 0 Å². The number of nitrogens with zero attached hydrogens (tertiary/aromatic N) is 2. The first-order chi connectivity index (χ1) is 8.99. The van der Waals surface area contributed by atoms with Crippen molar-refractivity contribution in [3.8, 4) is 5.75 Å². The molecule has 0 radical (unpaired) electrons. The van der Waals surface area contributed by atoms with Crippen LogP contribution in [0.25, 0.3) is 0 Å². The highest BCUT2D eigenvalue weighted by Crippen LogP contribution is 2.30. The van der Waals surface area contributed by atoms with E-state index in [9.17, 15) is 0 Å². The van der Waals surface area contributed by atoms with Crippen molar-refractivity contribution in [3.63, 3.8) is 0 Å². The highest BCUT2D eigenvalue weighted by molar-refractivity contribution is 9.10. The smallest absolute Gasteiger partial charge is 0.123 e. The van der Waals surface area contributed by atoms with Crippen LogP contribution >= 0.6 is 15.9 Å². The summed E-state index contributed by atoms with van der Waals surface area (Å²) < 4.78 is 6.49. The van der Waals surface area contributed by atoms with E-state index in [2.05, 4.69) is 52.9 Å². The maximum Gasteiger partial charge on any atom is 0.123 e. The normalized spacial score (nSPS) is 13.1. The highest BCUT2D eigenvalue weighted by Gasteiger charge is 2.19. The van der Waals surface area contributed by atoms with E-state index in [1.807, 2.05) is 12.1 Å². The molecule has 0 aliphatic rings. The Morgan fingerprint density at radius 2 is 1.95 bits per heavy atom. The molecule has 1 rings (SSSR count). The van der Waals surface area contributed by atoms with Gasteiger partial charge < -0.3 is 15.4 Å². The number of halogens is 1. The van der Waals surface area contributed by atoms with Gasteiger partial charge in [-0.15, -0.1) is 0 Å². The monoisotopic (exact) mass is 329 g/mol. The lowest BCUT2D eigenvalue weighted by molar-refractivity contribution is 0.219. The number of nitrogens with two attached hydrogens (primary N) is 1. The Labute approximate surface area is 124 Å². The Morgan fingerprint density at radius 3 is 2.47 bits per heavy atom. The molecule has 0 saturated heterocycles. The van der Waals surface area contributed by atoms with Gasteiger partial charge in [0.05, 0.1) is 13.2 Å². The van der Waals surface area contributed by atoms with Gasteiger partial charge in [-0.25, -0.2) is 0 Å². The van der Waals surface area contributed by atoms with Crippen LogP contribution in [0.1, 0.15) is 11.6 Å². The molecule has 5 heteroatoms. The Morgan fingerprint density at radius 1 is 1.26 bits per heavy atom. The van der Waals surface area contributed by atoms with Gasteiger partial charge >= 0.3 is 0 Å². The topological polar surface area (TPSA) is 41.7 Å². The van der Waals surface area contributed by atoms with Crippen LogP contribution in [0.5, 0.6) is 5.75 Å². The van der Waals surface area contributed by atoms with Gasteiger partial charge in [0.15, 0.2) is 0 Å². The number of methoxy groups -OCH3 is 1. The van der Waals surface area contributed by atoms with Crippen molar-refractivity contribution >= 4 is 15.9 Å². The van der Waals surface area contributed by atoms with Crippen LogP contribution in [0.15, 0.2) is 22.7 Å². The fraction of sp³-hybridized carbons (Fsp3) is 0.571. The maximum absolute atomic E-state index is 5.96. The van der Waals surface area contributed by atoms with Gasteiger partial charge in [0.1, 0.15) is 5.75 Å². The third-order valence-corrected chi connectivity index (χ3v) is 3.70. The fourth-order valence-corrected chi connectivity index (χ4v) is 2.40. The molecule has 2 N–H and O–H groups in total. The summed E-state index contributed by atoms with van der Waals surface area (Å²) in [6.45, 7) is 2.53. The van der Waals surface area contributed by atoms with E-state index in [1.54, 1.807) is 7.11 Å². The van der Waals surface area contributed by atoms with Crippen LogP contribution in [0.3, 0.4) is 0 Å². The summed E-state index contributed by atoms with van der Waals surface area (Å²) in [5.74, 6) is 0.885. The number of rotatable bonds is 7. The number of benzene rings is 1. The van der Waals surface area contributed by atoms with Gasteiger partial charge in [-0.1, -0.05) is 15.9 Å². The Hall–Kier alpha value is -0.620. The van der Waals surface area contributed by atoms with Crippen molar-refractivity contribution in [2.24, 2.45) is 5.73 Å². The van der Waals surface area contributed by atoms with Gasteiger partial charge in [-0.2, -0.15) is 0 Å². The van der Waals surface area contributed by atoms with E-state index in [1.165, 1.54) is 0 Å². The molecule has 4 nitrogen and oxygen atoms in total. The Kier molecular flexibility index (Phi) is 6.79. The molecule has 0 heterocycles. The summed E-state index contributed by atoms with van der Waals surface area (Å²) in [5, 5.41) is 0. The van der Waals surface area contributed by atoms with Gasteiger partial charge in [0.2, 0.25) is 0 Å². The molecule has 108 valence electrons. The molecule has 1 atom stereocenters. The Bertz CT molecular complexity index is 398. The first-order valence-electron chi connectivity index (χ1n) is 6.38. The molecule has 19 heavy (non-hydrogen) atoms. The zero-order chi connectivity index (χ0) is 14.4. The van der Waals surface area contributed by atoms with E-state index in [0.717, 1.165) is 28.9 Å². The predicted octanol–water partition coefficient (Wildman–Crippen LogP) is 1.95. The highest BCUT2D eigenvalue weighted by atomic mass is 79.9. The standard InChI is InChI=1S/C14H24BrN3O/c1-17(2)7-8-18(3)13(10-16)12-9-11(15)5-6-14(12)19-4/h5-6,9,13H,7-8,10,16H2,1-4H3. The largest absolute Gasteiger partial charge is 0.496 e. The molecule has 0 aliphatic carbocycles. The summed E-state index contributed by atoms with van der Waals surface area (Å²) in [4.78, 5) is 4.44. The summed E-state index contributed by atoms with van der Waals surface area (Å²) in [7, 11) is 7.94. The lowest BCUT2D eigenvalue weighted by Crippen LogP contribution is -2.35. The lowest BCUT2D eigenvalue weighted by Gasteiger charge is -2.29. The summed E-state index contributed by atoms with van der Waals surface area (Å²) >= 11 is 3.51. The number of hydrogen-bond donors (Lipinski definition) is 1. The minimum absolute atomic E-state index is 0.160.